The molecule has 0 amide bonds. The molecule has 2 unspecified atom stereocenters. The summed E-state index contributed by atoms with van der Waals surface area (Å²) >= 11 is 12.6. The maximum atomic E-state index is 6.29. The number of hydrazine groups is 1. The molecule has 2 atom stereocenters. The summed E-state index contributed by atoms with van der Waals surface area (Å²) in [6.45, 7) is 3.17. The highest BCUT2D eigenvalue weighted by molar-refractivity contribution is 6.36. The van der Waals surface area contributed by atoms with E-state index in [4.69, 9.17) is 29.0 Å². The molecule has 1 aliphatic rings. The summed E-state index contributed by atoms with van der Waals surface area (Å²) in [6.07, 6.45) is 1.89. The Kier molecular flexibility index (Phi) is 6.29. The van der Waals surface area contributed by atoms with Crippen LogP contribution in [0.25, 0.3) is 0 Å². The third kappa shape index (κ3) is 4.31. The lowest BCUT2D eigenvalue weighted by Crippen LogP contribution is -2.55. The molecule has 1 heterocycles. The van der Waals surface area contributed by atoms with Crippen LogP contribution in [0.15, 0.2) is 18.2 Å². The van der Waals surface area contributed by atoms with E-state index in [-0.39, 0.29) is 6.04 Å². The number of likely N-dealkylation sites (N-methyl/N-ethyl adjacent to an activating group) is 2. The molecular formula is C15H24Cl2N4. The van der Waals surface area contributed by atoms with E-state index in [1.807, 2.05) is 18.2 Å². The van der Waals surface area contributed by atoms with E-state index in [0.29, 0.717) is 16.1 Å². The number of hydrogen-bond donors (Lipinski definition) is 2. The zero-order valence-electron chi connectivity index (χ0n) is 12.6. The molecular weight excluding hydrogens is 307 g/mol. The van der Waals surface area contributed by atoms with Crippen molar-refractivity contribution in [1.82, 2.24) is 15.2 Å². The SMILES string of the molecule is CN1CCCN(C)C(C(Cc2c(Cl)cccc2Cl)NN)C1. The van der Waals surface area contributed by atoms with Gasteiger partial charge in [0.25, 0.3) is 0 Å². The van der Waals surface area contributed by atoms with Gasteiger partial charge in [0.15, 0.2) is 0 Å². The van der Waals surface area contributed by atoms with Crippen molar-refractivity contribution in [2.45, 2.75) is 24.9 Å². The smallest absolute Gasteiger partial charge is 0.0453 e. The molecule has 0 bridgehead atoms. The van der Waals surface area contributed by atoms with Gasteiger partial charge in [-0.3, -0.25) is 11.3 Å². The molecule has 0 saturated carbocycles. The van der Waals surface area contributed by atoms with Crippen LogP contribution in [0.2, 0.25) is 10.0 Å². The van der Waals surface area contributed by atoms with Crippen molar-refractivity contribution >= 4 is 23.2 Å². The Bertz CT molecular complexity index is 449. The summed E-state index contributed by atoms with van der Waals surface area (Å²) in [7, 11) is 4.31. The average Bonchev–Trinajstić information content (AvgIpc) is 2.60. The van der Waals surface area contributed by atoms with Gasteiger partial charge in [0.1, 0.15) is 0 Å². The minimum absolute atomic E-state index is 0.105. The molecule has 4 nitrogen and oxygen atoms in total. The fourth-order valence-electron chi connectivity index (χ4n) is 2.99. The van der Waals surface area contributed by atoms with E-state index in [1.54, 1.807) is 0 Å². The first-order valence-corrected chi connectivity index (χ1v) is 8.06. The maximum Gasteiger partial charge on any atom is 0.0453 e. The Labute approximate surface area is 137 Å². The van der Waals surface area contributed by atoms with Crippen LogP contribution in [0.5, 0.6) is 0 Å². The largest absolute Gasteiger partial charge is 0.305 e. The Balaban J connectivity index is 2.18. The van der Waals surface area contributed by atoms with Gasteiger partial charge >= 0.3 is 0 Å². The number of halogens is 2. The summed E-state index contributed by atoms with van der Waals surface area (Å²) in [6, 6.07) is 6.05. The molecule has 1 fully saturated rings. The lowest BCUT2D eigenvalue weighted by atomic mass is 9.98. The van der Waals surface area contributed by atoms with Gasteiger partial charge in [0.05, 0.1) is 0 Å². The normalized spacial score (nSPS) is 23.0. The summed E-state index contributed by atoms with van der Waals surface area (Å²) in [5.41, 5.74) is 3.93. The molecule has 2 rings (SSSR count). The van der Waals surface area contributed by atoms with Gasteiger partial charge in [0, 0.05) is 28.7 Å². The fourth-order valence-corrected chi connectivity index (χ4v) is 3.55. The molecule has 6 heteroatoms. The molecule has 1 aliphatic heterocycles. The highest BCUT2D eigenvalue weighted by atomic mass is 35.5. The highest BCUT2D eigenvalue weighted by Crippen LogP contribution is 2.26. The molecule has 3 N–H and O–H groups in total. The summed E-state index contributed by atoms with van der Waals surface area (Å²) in [5.74, 6) is 5.83. The Morgan fingerprint density at radius 2 is 1.95 bits per heavy atom. The number of rotatable bonds is 4. The van der Waals surface area contributed by atoms with Crippen molar-refractivity contribution in [3.8, 4) is 0 Å². The average molecular weight is 331 g/mol. The van der Waals surface area contributed by atoms with E-state index >= 15 is 0 Å². The lowest BCUT2D eigenvalue weighted by Gasteiger charge is -2.34. The third-order valence-corrected chi connectivity index (χ3v) is 4.99. The molecule has 0 aromatic heterocycles. The molecule has 1 saturated heterocycles. The maximum absolute atomic E-state index is 6.29. The molecule has 0 aliphatic carbocycles. The van der Waals surface area contributed by atoms with Crippen LogP contribution < -0.4 is 11.3 Å². The van der Waals surface area contributed by atoms with Gasteiger partial charge in [-0.25, -0.2) is 0 Å². The fraction of sp³-hybridized carbons (Fsp3) is 0.600. The van der Waals surface area contributed by atoms with Crippen LogP contribution in [0.1, 0.15) is 12.0 Å². The third-order valence-electron chi connectivity index (χ3n) is 4.28. The van der Waals surface area contributed by atoms with Crippen LogP contribution in [0.3, 0.4) is 0 Å². The topological polar surface area (TPSA) is 44.5 Å². The van der Waals surface area contributed by atoms with Gasteiger partial charge in [-0.1, -0.05) is 29.3 Å². The van der Waals surface area contributed by atoms with E-state index in [2.05, 4.69) is 29.3 Å². The van der Waals surface area contributed by atoms with Crippen LogP contribution in [-0.2, 0) is 6.42 Å². The standard InChI is InChI=1S/C15H24Cl2N4/c1-20-7-4-8-21(2)15(10-20)14(19-18)9-11-12(16)5-3-6-13(11)17/h3,5-6,14-15,19H,4,7-10,18H2,1-2H3. The predicted molar refractivity (Wildman–Crippen MR) is 89.8 cm³/mol. The van der Waals surface area contributed by atoms with Crippen LogP contribution in [0, 0.1) is 0 Å². The summed E-state index contributed by atoms with van der Waals surface area (Å²) < 4.78 is 0. The summed E-state index contributed by atoms with van der Waals surface area (Å²) in [4.78, 5) is 4.73. The Morgan fingerprint density at radius 3 is 2.57 bits per heavy atom. The van der Waals surface area contributed by atoms with Crippen molar-refractivity contribution in [2.24, 2.45) is 5.84 Å². The van der Waals surface area contributed by atoms with Crippen LogP contribution in [-0.4, -0.2) is 55.6 Å². The van der Waals surface area contributed by atoms with Crippen molar-refractivity contribution in [3.63, 3.8) is 0 Å². The van der Waals surface area contributed by atoms with Gasteiger partial charge in [-0.2, -0.15) is 0 Å². The molecule has 1 aromatic rings. The van der Waals surface area contributed by atoms with E-state index < -0.39 is 0 Å². The number of nitrogens with zero attached hydrogens (tertiary/aromatic N) is 2. The molecule has 21 heavy (non-hydrogen) atoms. The van der Waals surface area contributed by atoms with E-state index in [9.17, 15) is 0 Å². The predicted octanol–water partition coefficient (Wildman–Crippen LogP) is 2.00. The first kappa shape index (κ1) is 17.0. The van der Waals surface area contributed by atoms with Crippen molar-refractivity contribution in [1.29, 1.82) is 0 Å². The van der Waals surface area contributed by atoms with Crippen molar-refractivity contribution < 1.29 is 0 Å². The van der Waals surface area contributed by atoms with Gasteiger partial charge in [-0.05, 0) is 57.7 Å². The van der Waals surface area contributed by atoms with Crippen LogP contribution >= 0.6 is 23.2 Å². The van der Waals surface area contributed by atoms with Gasteiger partial charge in [0.2, 0.25) is 0 Å². The first-order chi connectivity index (χ1) is 10.0. The quantitative estimate of drug-likeness (QED) is 0.654. The number of benzene rings is 1. The zero-order chi connectivity index (χ0) is 15.4. The molecule has 1 aromatic carbocycles. The first-order valence-electron chi connectivity index (χ1n) is 7.30. The number of hydrogen-bond acceptors (Lipinski definition) is 4. The molecule has 118 valence electrons. The molecule has 0 radical (unpaired) electrons. The highest BCUT2D eigenvalue weighted by Gasteiger charge is 2.28. The minimum atomic E-state index is 0.105. The van der Waals surface area contributed by atoms with Crippen molar-refractivity contribution in [3.05, 3.63) is 33.8 Å². The number of nitrogens with one attached hydrogen (secondary N) is 1. The van der Waals surface area contributed by atoms with E-state index in [1.165, 1.54) is 6.42 Å². The van der Waals surface area contributed by atoms with Gasteiger partial charge in [-0.15, -0.1) is 0 Å². The second-order valence-corrected chi connectivity index (χ2v) is 6.66. The van der Waals surface area contributed by atoms with Crippen molar-refractivity contribution in [2.75, 3.05) is 33.7 Å². The zero-order valence-corrected chi connectivity index (χ0v) is 14.2. The van der Waals surface area contributed by atoms with Crippen LogP contribution in [0.4, 0.5) is 0 Å². The van der Waals surface area contributed by atoms with E-state index in [0.717, 1.165) is 31.6 Å². The van der Waals surface area contributed by atoms with Gasteiger partial charge < -0.3 is 9.80 Å². The monoisotopic (exact) mass is 330 g/mol. The Hall–Kier alpha value is -0.360. The summed E-state index contributed by atoms with van der Waals surface area (Å²) in [5, 5.41) is 1.40. The molecule has 0 spiro atoms. The lowest BCUT2D eigenvalue weighted by molar-refractivity contribution is 0.177. The second-order valence-electron chi connectivity index (χ2n) is 5.84. The second kappa shape index (κ2) is 7.77. The minimum Gasteiger partial charge on any atom is -0.305 e. The Morgan fingerprint density at radius 1 is 1.29 bits per heavy atom. The number of nitrogens with two attached hydrogens (primary N) is 1.